The number of ether oxygens (including phenoxy) is 1. The van der Waals surface area contributed by atoms with Crippen molar-refractivity contribution in [1.29, 1.82) is 0 Å². The average molecular weight is 624 g/mol. The SMILES string of the molecule is Cc1nc(NS(=O)(=O)CCC(F)(F)F)ccc1-c1cc(C)c2nc(N[C@H]3CC[C@H](NC(=O)OC(C)(C)C)CC3)ncc2n1. The molecule has 1 saturated carbocycles. The Bertz CT molecular complexity index is 1590. The van der Waals surface area contributed by atoms with E-state index in [0.29, 0.717) is 33.9 Å². The van der Waals surface area contributed by atoms with E-state index >= 15 is 0 Å². The summed E-state index contributed by atoms with van der Waals surface area (Å²) in [4.78, 5) is 30.1. The van der Waals surface area contributed by atoms with E-state index in [-0.39, 0.29) is 17.9 Å². The molecular formula is C28H36F3N7O4S. The quantitative estimate of drug-likeness (QED) is 0.290. The van der Waals surface area contributed by atoms with E-state index in [1.807, 2.05) is 33.8 Å². The first kappa shape index (κ1) is 32.2. The van der Waals surface area contributed by atoms with Crippen molar-refractivity contribution in [2.24, 2.45) is 0 Å². The van der Waals surface area contributed by atoms with Crippen LogP contribution in [-0.4, -0.2) is 64.1 Å². The van der Waals surface area contributed by atoms with Crippen LogP contribution in [0, 0.1) is 13.8 Å². The summed E-state index contributed by atoms with van der Waals surface area (Å²) in [6.07, 6.45) is -1.54. The molecule has 1 aliphatic carbocycles. The fourth-order valence-electron chi connectivity index (χ4n) is 4.78. The molecule has 15 heteroatoms. The van der Waals surface area contributed by atoms with Crippen molar-refractivity contribution in [3.63, 3.8) is 0 Å². The molecule has 0 atom stereocenters. The van der Waals surface area contributed by atoms with Crippen molar-refractivity contribution in [2.45, 2.75) is 90.6 Å². The Labute approximate surface area is 248 Å². The maximum absolute atomic E-state index is 12.4. The number of aromatic nitrogens is 4. The van der Waals surface area contributed by atoms with E-state index in [9.17, 15) is 26.4 Å². The number of anilines is 2. The number of amides is 1. The Kier molecular flexibility index (Phi) is 9.33. The number of hydrogen-bond donors (Lipinski definition) is 3. The molecule has 1 amide bonds. The number of hydrogen-bond acceptors (Lipinski definition) is 9. The van der Waals surface area contributed by atoms with E-state index in [1.54, 1.807) is 19.2 Å². The fourth-order valence-corrected chi connectivity index (χ4v) is 5.81. The molecule has 0 aliphatic heterocycles. The summed E-state index contributed by atoms with van der Waals surface area (Å²) in [6, 6.07) is 5.04. The highest BCUT2D eigenvalue weighted by Crippen LogP contribution is 2.28. The maximum atomic E-state index is 12.4. The van der Waals surface area contributed by atoms with E-state index in [1.165, 1.54) is 6.07 Å². The third kappa shape index (κ3) is 9.37. The van der Waals surface area contributed by atoms with Crippen molar-refractivity contribution >= 4 is 38.9 Å². The lowest BCUT2D eigenvalue weighted by Gasteiger charge is -2.30. The number of alkyl carbamates (subject to hydrolysis) is 1. The smallest absolute Gasteiger partial charge is 0.407 e. The van der Waals surface area contributed by atoms with E-state index in [4.69, 9.17) is 4.74 Å². The Morgan fingerprint density at radius 1 is 1.02 bits per heavy atom. The zero-order valence-electron chi connectivity index (χ0n) is 24.7. The number of halogens is 3. The standard InChI is InChI=1S/C28H36F3N7O4S/c1-16-14-21(20-10-11-23(33-17(20)2)38-43(40,41)13-12-28(29,30)31)36-22-15-32-25(37-24(16)22)34-18-6-8-19(9-7-18)35-26(39)42-27(3,4)5/h10-11,14-15,18-19H,6-9,12-13H2,1-5H3,(H,33,38)(H,35,39)(H,32,34,37)/t18-,19-. The summed E-state index contributed by atoms with van der Waals surface area (Å²) >= 11 is 0. The lowest BCUT2D eigenvalue weighted by Crippen LogP contribution is -2.42. The maximum Gasteiger partial charge on any atom is 0.407 e. The van der Waals surface area contributed by atoms with Crippen LogP contribution in [0.5, 0.6) is 0 Å². The van der Waals surface area contributed by atoms with Gasteiger partial charge in [-0.1, -0.05) is 0 Å². The molecule has 3 heterocycles. The Morgan fingerprint density at radius 2 is 1.70 bits per heavy atom. The summed E-state index contributed by atoms with van der Waals surface area (Å²) in [5.74, 6) is -0.684. The van der Waals surface area contributed by atoms with Gasteiger partial charge < -0.3 is 15.4 Å². The number of nitrogens with one attached hydrogen (secondary N) is 3. The molecule has 1 aliphatic rings. The lowest BCUT2D eigenvalue weighted by atomic mass is 9.91. The molecule has 0 bridgehead atoms. The monoisotopic (exact) mass is 623 g/mol. The van der Waals surface area contributed by atoms with Gasteiger partial charge in [0.1, 0.15) is 16.9 Å². The van der Waals surface area contributed by atoms with Gasteiger partial charge in [0.05, 0.1) is 29.6 Å². The first-order valence-corrected chi connectivity index (χ1v) is 15.6. The number of rotatable bonds is 8. The summed E-state index contributed by atoms with van der Waals surface area (Å²) in [7, 11) is -4.22. The number of aryl methyl sites for hydroxylation is 2. The van der Waals surface area contributed by atoms with Gasteiger partial charge in [-0.25, -0.2) is 33.1 Å². The molecular weight excluding hydrogens is 587 g/mol. The molecule has 11 nitrogen and oxygen atoms in total. The van der Waals surface area contributed by atoms with E-state index < -0.39 is 40.1 Å². The third-order valence-corrected chi connectivity index (χ3v) is 8.06. The topological polar surface area (TPSA) is 148 Å². The van der Waals surface area contributed by atoms with Crippen LogP contribution >= 0.6 is 0 Å². The second kappa shape index (κ2) is 12.5. The fraction of sp³-hybridized carbons (Fsp3) is 0.536. The van der Waals surface area contributed by atoms with Gasteiger partial charge in [0, 0.05) is 23.3 Å². The normalized spacial score (nSPS) is 17.9. The van der Waals surface area contributed by atoms with Gasteiger partial charge >= 0.3 is 12.3 Å². The number of pyridine rings is 2. The summed E-state index contributed by atoms with van der Waals surface area (Å²) in [5.41, 5.74) is 3.16. The summed E-state index contributed by atoms with van der Waals surface area (Å²) in [5, 5.41) is 6.32. The highest BCUT2D eigenvalue weighted by molar-refractivity contribution is 7.92. The van der Waals surface area contributed by atoms with Crippen molar-refractivity contribution in [3.8, 4) is 11.3 Å². The van der Waals surface area contributed by atoms with Crippen LogP contribution in [-0.2, 0) is 14.8 Å². The highest BCUT2D eigenvalue weighted by Gasteiger charge is 2.30. The Hall–Kier alpha value is -3.75. The van der Waals surface area contributed by atoms with E-state index in [0.717, 1.165) is 31.2 Å². The van der Waals surface area contributed by atoms with Crippen molar-refractivity contribution in [2.75, 3.05) is 15.8 Å². The second-order valence-electron chi connectivity index (χ2n) is 11.7. The average Bonchev–Trinajstić information content (AvgIpc) is 2.87. The molecule has 4 rings (SSSR count). The van der Waals surface area contributed by atoms with Crippen LogP contribution < -0.4 is 15.4 Å². The predicted molar refractivity (Wildman–Crippen MR) is 157 cm³/mol. The molecule has 0 radical (unpaired) electrons. The van der Waals surface area contributed by atoms with Crippen molar-refractivity contribution in [3.05, 3.63) is 35.7 Å². The number of sulfonamides is 1. The number of carbonyl (C=O) groups is 1. The van der Waals surface area contributed by atoms with Crippen molar-refractivity contribution < 1.29 is 31.1 Å². The first-order valence-electron chi connectivity index (χ1n) is 13.9. The first-order chi connectivity index (χ1) is 20.0. The van der Waals surface area contributed by atoms with Crippen LogP contribution in [0.3, 0.4) is 0 Å². The minimum atomic E-state index is -4.58. The molecule has 0 spiro atoms. The number of fused-ring (bicyclic) bond motifs is 1. The molecule has 3 aromatic rings. The predicted octanol–water partition coefficient (Wildman–Crippen LogP) is 5.65. The van der Waals surface area contributed by atoms with Gasteiger partial charge in [0.25, 0.3) is 0 Å². The molecule has 3 aromatic heterocycles. The molecule has 0 saturated heterocycles. The van der Waals surface area contributed by atoms with Gasteiger partial charge in [-0.2, -0.15) is 13.2 Å². The largest absolute Gasteiger partial charge is 0.444 e. The zero-order valence-corrected chi connectivity index (χ0v) is 25.5. The van der Waals surface area contributed by atoms with Gasteiger partial charge in [0.15, 0.2) is 0 Å². The molecule has 3 N–H and O–H groups in total. The molecule has 0 unspecified atom stereocenters. The highest BCUT2D eigenvalue weighted by atomic mass is 32.2. The van der Waals surface area contributed by atoms with Crippen LogP contribution in [0.25, 0.3) is 22.3 Å². The number of alkyl halides is 3. The molecule has 0 aromatic carbocycles. The molecule has 43 heavy (non-hydrogen) atoms. The molecule has 234 valence electrons. The van der Waals surface area contributed by atoms with Gasteiger partial charge in [-0.15, -0.1) is 0 Å². The zero-order chi connectivity index (χ0) is 31.6. The minimum absolute atomic E-state index is 0.0527. The third-order valence-electron chi connectivity index (χ3n) is 6.79. The summed E-state index contributed by atoms with van der Waals surface area (Å²) in [6.45, 7) is 9.04. The second-order valence-corrected chi connectivity index (χ2v) is 13.5. The Morgan fingerprint density at radius 3 is 2.33 bits per heavy atom. The molecule has 1 fully saturated rings. The number of carbonyl (C=O) groups excluding carboxylic acids is 1. The van der Waals surface area contributed by atoms with Crippen molar-refractivity contribution in [1.82, 2.24) is 25.3 Å². The van der Waals surface area contributed by atoms with E-state index in [2.05, 4.69) is 35.3 Å². The van der Waals surface area contributed by atoms with Crippen LogP contribution in [0.15, 0.2) is 24.4 Å². The van der Waals surface area contributed by atoms with Gasteiger partial charge in [-0.05, 0) is 84.1 Å². The van der Waals surface area contributed by atoms with Gasteiger partial charge in [0.2, 0.25) is 16.0 Å². The summed E-state index contributed by atoms with van der Waals surface area (Å²) < 4.78 is 68.9. The van der Waals surface area contributed by atoms with Crippen LogP contribution in [0.4, 0.5) is 29.7 Å². The lowest BCUT2D eigenvalue weighted by molar-refractivity contribution is -0.129. The number of nitrogens with zero attached hydrogens (tertiary/aromatic N) is 4. The van der Waals surface area contributed by atoms with Crippen LogP contribution in [0.1, 0.15) is 64.1 Å². The minimum Gasteiger partial charge on any atom is -0.444 e. The van der Waals surface area contributed by atoms with Crippen LogP contribution in [0.2, 0.25) is 0 Å². The Balaban J connectivity index is 1.40. The van der Waals surface area contributed by atoms with Gasteiger partial charge in [-0.3, -0.25) is 4.72 Å².